The number of aromatic nitrogens is 2. The van der Waals surface area contributed by atoms with E-state index < -0.39 is 30.0 Å². The number of thiophene rings is 1. The van der Waals surface area contributed by atoms with Crippen molar-refractivity contribution < 1.29 is 22.7 Å². The quantitative estimate of drug-likeness (QED) is 0.297. The van der Waals surface area contributed by atoms with Crippen LogP contribution >= 0.6 is 27.3 Å². The minimum atomic E-state index is -3.77. The van der Waals surface area contributed by atoms with Crippen molar-refractivity contribution in [2.24, 2.45) is 0 Å². The molecule has 2 aromatic rings. The molecule has 0 bridgehead atoms. The predicted molar refractivity (Wildman–Crippen MR) is 112 cm³/mol. The zero-order chi connectivity index (χ0) is 20.2. The Morgan fingerprint density at radius 2 is 2.04 bits per heavy atom. The van der Waals surface area contributed by atoms with E-state index in [-0.39, 0.29) is 12.4 Å². The molecule has 0 fully saturated rings. The fourth-order valence-electron chi connectivity index (χ4n) is 2.11. The summed E-state index contributed by atoms with van der Waals surface area (Å²) in [5.41, 5.74) is 0. The van der Waals surface area contributed by atoms with Gasteiger partial charge in [-0.05, 0) is 41.0 Å². The van der Waals surface area contributed by atoms with Gasteiger partial charge >= 0.3 is 5.97 Å². The molecule has 27 heavy (non-hydrogen) atoms. The number of ether oxygens (including phenoxy) is 2. The Bertz CT molecular complexity index is 902. The average molecular weight is 495 g/mol. The first-order valence-corrected chi connectivity index (χ1v) is 15.3. The van der Waals surface area contributed by atoms with Gasteiger partial charge in [0.2, 0.25) is 0 Å². The lowest BCUT2D eigenvalue weighted by Crippen LogP contribution is -2.24. The molecule has 0 N–H and O–H groups in total. The lowest BCUT2D eigenvalue weighted by molar-refractivity contribution is 0.0532. The Morgan fingerprint density at radius 3 is 2.67 bits per heavy atom. The second kappa shape index (κ2) is 8.99. The SMILES string of the molecule is CCOC(=O)c1ccc(-c2ncc(Br)n2S(=O)(=O)COCC[Si](C)(C)C)s1. The second-order valence-corrected chi connectivity index (χ2v) is 16.3. The van der Waals surface area contributed by atoms with Gasteiger partial charge in [0.15, 0.2) is 11.8 Å². The summed E-state index contributed by atoms with van der Waals surface area (Å²) < 4.78 is 37.3. The second-order valence-electron chi connectivity index (χ2n) is 7.00. The van der Waals surface area contributed by atoms with E-state index in [1.54, 1.807) is 19.1 Å². The summed E-state index contributed by atoms with van der Waals surface area (Å²) >= 11 is 4.37. The molecule has 0 aliphatic rings. The Morgan fingerprint density at radius 1 is 1.33 bits per heavy atom. The number of hydrogen-bond donors (Lipinski definition) is 0. The number of esters is 1. The number of carbonyl (C=O) groups excluding carboxylic acids is 1. The third-order valence-corrected chi connectivity index (χ3v) is 8.44. The molecule has 2 aromatic heterocycles. The van der Waals surface area contributed by atoms with Gasteiger partial charge in [0.05, 0.1) is 17.7 Å². The van der Waals surface area contributed by atoms with Crippen LogP contribution in [0.25, 0.3) is 10.7 Å². The number of imidazole rings is 1. The van der Waals surface area contributed by atoms with Gasteiger partial charge in [-0.1, -0.05) is 19.6 Å². The highest BCUT2D eigenvalue weighted by molar-refractivity contribution is 9.10. The van der Waals surface area contributed by atoms with Gasteiger partial charge in [-0.25, -0.2) is 22.2 Å². The average Bonchev–Trinajstić information content (AvgIpc) is 3.17. The first-order valence-electron chi connectivity index (χ1n) is 8.37. The van der Waals surface area contributed by atoms with Crippen molar-refractivity contribution in [2.45, 2.75) is 32.6 Å². The lowest BCUT2D eigenvalue weighted by atomic mass is 10.4. The predicted octanol–water partition coefficient (Wildman–Crippen LogP) is 4.04. The molecule has 7 nitrogen and oxygen atoms in total. The topological polar surface area (TPSA) is 87.5 Å². The van der Waals surface area contributed by atoms with Gasteiger partial charge in [-0.3, -0.25) is 0 Å². The van der Waals surface area contributed by atoms with Crippen LogP contribution in [0.5, 0.6) is 0 Å². The maximum Gasteiger partial charge on any atom is 0.348 e. The summed E-state index contributed by atoms with van der Waals surface area (Å²) in [6, 6.07) is 4.14. The molecule has 150 valence electrons. The van der Waals surface area contributed by atoms with Crippen molar-refractivity contribution >= 4 is 51.3 Å². The van der Waals surface area contributed by atoms with Gasteiger partial charge in [0, 0.05) is 14.7 Å². The molecule has 0 aromatic carbocycles. The van der Waals surface area contributed by atoms with Gasteiger partial charge in [0.25, 0.3) is 10.0 Å². The molecule has 0 saturated carbocycles. The fraction of sp³-hybridized carbons (Fsp3) is 0.500. The number of halogens is 1. The molecule has 0 radical (unpaired) electrons. The summed E-state index contributed by atoms with van der Waals surface area (Å²) in [6.07, 6.45) is 1.42. The zero-order valence-corrected chi connectivity index (χ0v) is 19.9. The van der Waals surface area contributed by atoms with Gasteiger partial charge in [-0.15, -0.1) is 11.3 Å². The molecule has 0 spiro atoms. The van der Waals surface area contributed by atoms with E-state index in [2.05, 4.69) is 40.6 Å². The van der Waals surface area contributed by atoms with Crippen LogP contribution in [0.3, 0.4) is 0 Å². The summed E-state index contributed by atoms with van der Waals surface area (Å²) in [5, 5.41) is 0. The summed E-state index contributed by atoms with van der Waals surface area (Å²) in [4.78, 5) is 17.0. The van der Waals surface area contributed by atoms with E-state index in [4.69, 9.17) is 9.47 Å². The van der Waals surface area contributed by atoms with Crippen LogP contribution in [0.4, 0.5) is 0 Å². The summed E-state index contributed by atoms with van der Waals surface area (Å²) in [7, 11) is -5.07. The first-order chi connectivity index (χ1) is 12.5. The fourth-order valence-corrected chi connectivity index (χ4v) is 5.90. The number of carbonyl (C=O) groups is 1. The Labute approximate surface area is 172 Å². The molecule has 0 unspecified atom stereocenters. The zero-order valence-electron chi connectivity index (χ0n) is 15.7. The highest BCUT2D eigenvalue weighted by Gasteiger charge is 2.25. The van der Waals surface area contributed by atoms with Crippen molar-refractivity contribution in [2.75, 3.05) is 19.2 Å². The molecule has 0 aliphatic heterocycles. The molecule has 11 heteroatoms. The van der Waals surface area contributed by atoms with Crippen molar-refractivity contribution in [3.8, 4) is 10.7 Å². The molecule has 0 saturated heterocycles. The summed E-state index contributed by atoms with van der Waals surface area (Å²) in [5.74, 6) is -0.644. The van der Waals surface area contributed by atoms with E-state index in [1.165, 1.54) is 6.20 Å². The van der Waals surface area contributed by atoms with Gasteiger partial charge in [0.1, 0.15) is 9.48 Å². The van der Waals surface area contributed by atoms with Crippen LogP contribution in [0.1, 0.15) is 16.6 Å². The third kappa shape index (κ3) is 5.98. The van der Waals surface area contributed by atoms with Gasteiger partial charge in [-0.2, -0.15) is 0 Å². The molecular weight excluding hydrogens is 472 g/mol. The third-order valence-electron chi connectivity index (χ3n) is 3.49. The molecule has 2 heterocycles. The van der Waals surface area contributed by atoms with Crippen LogP contribution in [-0.4, -0.2) is 50.6 Å². The number of rotatable bonds is 9. The normalized spacial score (nSPS) is 12.3. The monoisotopic (exact) mass is 494 g/mol. The standard InChI is InChI=1S/C16H23BrN2O5S2Si/c1-5-24-16(20)13-7-6-12(25-13)15-18-10-14(17)19(15)26(21,22)11-23-8-9-27(2,3)4/h6-7,10H,5,8-9,11H2,1-4H3. The minimum absolute atomic E-state index is 0.233. The highest BCUT2D eigenvalue weighted by Crippen LogP contribution is 2.31. The minimum Gasteiger partial charge on any atom is -0.462 e. The van der Waals surface area contributed by atoms with Crippen LogP contribution < -0.4 is 0 Å². The molecule has 2 rings (SSSR count). The largest absolute Gasteiger partial charge is 0.462 e. The smallest absolute Gasteiger partial charge is 0.348 e. The Hall–Kier alpha value is -1.01. The van der Waals surface area contributed by atoms with Crippen molar-refractivity contribution in [3.05, 3.63) is 27.8 Å². The van der Waals surface area contributed by atoms with Crippen LogP contribution in [0.2, 0.25) is 25.7 Å². The number of nitrogens with zero attached hydrogens (tertiary/aromatic N) is 2. The van der Waals surface area contributed by atoms with Crippen LogP contribution in [-0.2, 0) is 19.5 Å². The lowest BCUT2D eigenvalue weighted by Gasteiger charge is -2.16. The van der Waals surface area contributed by atoms with E-state index in [0.717, 1.165) is 21.4 Å². The Kier molecular flexibility index (Phi) is 7.42. The van der Waals surface area contributed by atoms with E-state index >= 15 is 0 Å². The van der Waals surface area contributed by atoms with Crippen molar-refractivity contribution in [3.63, 3.8) is 0 Å². The van der Waals surface area contributed by atoms with Gasteiger partial charge < -0.3 is 9.47 Å². The van der Waals surface area contributed by atoms with E-state index in [1.807, 2.05) is 0 Å². The summed E-state index contributed by atoms with van der Waals surface area (Å²) in [6.45, 7) is 9.01. The molecule has 0 atom stereocenters. The van der Waals surface area contributed by atoms with Crippen molar-refractivity contribution in [1.29, 1.82) is 0 Å². The van der Waals surface area contributed by atoms with Crippen molar-refractivity contribution in [1.82, 2.24) is 8.96 Å². The van der Waals surface area contributed by atoms with Crippen LogP contribution in [0, 0.1) is 0 Å². The molecule has 0 aliphatic carbocycles. The maximum absolute atomic E-state index is 12.8. The Balaban J connectivity index is 2.22. The van der Waals surface area contributed by atoms with E-state index in [9.17, 15) is 13.2 Å². The highest BCUT2D eigenvalue weighted by atomic mass is 79.9. The first kappa shape index (κ1) is 22.3. The molecular formula is C16H23BrN2O5S2Si. The maximum atomic E-state index is 12.8. The van der Waals surface area contributed by atoms with Crippen LogP contribution in [0.15, 0.2) is 22.9 Å². The van der Waals surface area contributed by atoms with E-state index in [0.29, 0.717) is 21.0 Å². The number of hydrogen-bond acceptors (Lipinski definition) is 7. The molecule has 0 amide bonds.